The maximum atomic E-state index is 12.6. The highest BCUT2D eigenvalue weighted by Crippen LogP contribution is 2.30. The number of halogens is 3. The number of aromatic nitrogens is 3. The Balaban J connectivity index is 1.81. The number of carbonyl (C=O) groups excluding carboxylic acids is 1. The van der Waals surface area contributed by atoms with Crippen LogP contribution in [0.5, 0.6) is 0 Å². The molecule has 8 heteroatoms. The second-order valence-corrected chi connectivity index (χ2v) is 5.51. The van der Waals surface area contributed by atoms with E-state index in [4.69, 9.17) is 0 Å². The average molecular weight is 358 g/mol. The summed E-state index contributed by atoms with van der Waals surface area (Å²) in [7, 11) is 0. The van der Waals surface area contributed by atoms with Gasteiger partial charge in [-0.25, -0.2) is 4.98 Å². The first-order valence-corrected chi connectivity index (χ1v) is 7.56. The first-order valence-electron chi connectivity index (χ1n) is 7.56. The Labute approximate surface area is 147 Å². The van der Waals surface area contributed by atoms with Crippen LogP contribution in [-0.2, 0) is 6.18 Å². The zero-order valence-corrected chi connectivity index (χ0v) is 13.6. The van der Waals surface area contributed by atoms with Gasteiger partial charge < -0.3 is 5.32 Å². The van der Waals surface area contributed by atoms with E-state index < -0.39 is 17.6 Å². The summed E-state index contributed by atoms with van der Waals surface area (Å²) in [5, 5.41) is 2.64. The van der Waals surface area contributed by atoms with Crippen molar-refractivity contribution in [3.05, 3.63) is 71.9 Å². The SMILES string of the molecule is Cc1ccc(NC(=O)c2cncc(-c3ccc(C(F)(F)F)cc3)n2)cn1. The van der Waals surface area contributed by atoms with E-state index in [1.807, 2.05) is 6.92 Å². The van der Waals surface area contributed by atoms with E-state index >= 15 is 0 Å². The standard InChI is InChI=1S/C18H13F3N4O/c1-11-2-7-14(8-23-11)24-17(26)16-10-22-9-15(25-16)12-3-5-13(6-4-12)18(19,20)21/h2-10H,1H3,(H,24,26). The van der Waals surface area contributed by atoms with Gasteiger partial charge in [-0.15, -0.1) is 0 Å². The van der Waals surface area contributed by atoms with Crippen LogP contribution in [0.1, 0.15) is 21.7 Å². The largest absolute Gasteiger partial charge is 0.416 e. The number of benzene rings is 1. The summed E-state index contributed by atoms with van der Waals surface area (Å²) in [6.45, 7) is 1.82. The Bertz CT molecular complexity index is 922. The highest BCUT2D eigenvalue weighted by molar-refractivity contribution is 6.02. The van der Waals surface area contributed by atoms with Crippen LogP contribution in [0.15, 0.2) is 55.0 Å². The van der Waals surface area contributed by atoms with Crippen molar-refractivity contribution in [2.45, 2.75) is 13.1 Å². The highest BCUT2D eigenvalue weighted by Gasteiger charge is 2.30. The molecule has 0 spiro atoms. The number of anilines is 1. The second kappa shape index (κ2) is 6.91. The maximum Gasteiger partial charge on any atom is 0.416 e. The molecule has 0 atom stereocenters. The van der Waals surface area contributed by atoms with Crippen LogP contribution in [0.4, 0.5) is 18.9 Å². The zero-order chi connectivity index (χ0) is 18.7. The second-order valence-electron chi connectivity index (χ2n) is 5.51. The number of aryl methyl sites for hydroxylation is 1. The molecule has 2 aromatic heterocycles. The number of amides is 1. The predicted molar refractivity (Wildman–Crippen MR) is 89.4 cm³/mol. The smallest absolute Gasteiger partial charge is 0.319 e. The highest BCUT2D eigenvalue weighted by atomic mass is 19.4. The van der Waals surface area contributed by atoms with Crippen LogP contribution >= 0.6 is 0 Å². The number of nitrogens with zero attached hydrogens (tertiary/aromatic N) is 3. The first kappa shape index (κ1) is 17.5. The summed E-state index contributed by atoms with van der Waals surface area (Å²) in [4.78, 5) is 24.5. The third kappa shape index (κ3) is 4.02. The van der Waals surface area contributed by atoms with Crippen molar-refractivity contribution in [3.63, 3.8) is 0 Å². The zero-order valence-electron chi connectivity index (χ0n) is 13.6. The normalized spacial score (nSPS) is 11.2. The van der Waals surface area contributed by atoms with Crippen molar-refractivity contribution < 1.29 is 18.0 Å². The lowest BCUT2D eigenvalue weighted by molar-refractivity contribution is -0.137. The summed E-state index contributed by atoms with van der Waals surface area (Å²) in [6.07, 6.45) is -0.230. The molecule has 5 nitrogen and oxygen atoms in total. The lowest BCUT2D eigenvalue weighted by Gasteiger charge is -2.08. The number of hydrogen-bond donors (Lipinski definition) is 1. The van der Waals surface area contributed by atoms with Gasteiger partial charge in [-0.1, -0.05) is 12.1 Å². The number of alkyl halides is 3. The topological polar surface area (TPSA) is 67.8 Å². The quantitative estimate of drug-likeness (QED) is 0.765. The van der Waals surface area contributed by atoms with Gasteiger partial charge in [0.05, 0.1) is 35.5 Å². The molecule has 132 valence electrons. The van der Waals surface area contributed by atoms with Crippen molar-refractivity contribution in [1.82, 2.24) is 15.0 Å². The monoisotopic (exact) mass is 358 g/mol. The van der Waals surface area contributed by atoms with Gasteiger partial charge in [0.25, 0.3) is 5.91 Å². The van der Waals surface area contributed by atoms with Gasteiger partial charge in [0.15, 0.2) is 0 Å². The molecule has 2 heterocycles. The van der Waals surface area contributed by atoms with Crippen molar-refractivity contribution in [3.8, 4) is 11.3 Å². The summed E-state index contributed by atoms with van der Waals surface area (Å²) in [6, 6.07) is 7.95. The molecule has 0 aliphatic heterocycles. The van der Waals surface area contributed by atoms with Crippen LogP contribution < -0.4 is 5.32 Å². The third-order valence-corrected chi connectivity index (χ3v) is 3.54. The maximum absolute atomic E-state index is 12.6. The Morgan fingerprint density at radius 1 is 1.00 bits per heavy atom. The van der Waals surface area contributed by atoms with Gasteiger partial charge in [0, 0.05) is 11.3 Å². The van der Waals surface area contributed by atoms with E-state index in [1.54, 1.807) is 12.1 Å². The van der Waals surface area contributed by atoms with Crippen LogP contribution in [0.2, 0.25) is 0 Å². The van der Waals surface area contributed by atoms with Crippen molar-refractivity contribution in [2.75, 3.05) is 5.32 Å². The lowest BCUT2D eigenvalue weighted by atomic mass is 10.1. The van der Waals surface area contributed by atoms with Crippen molar-refractivity contribution in [1.29, 1.82) is 0 Å². The fourth-order valence-corrected chi connectivity index (χ4v) is 2.18. The molecule has 0 saturated carbocycles. The van der Waals surface area contributed by atoms with Crippen LogP contribution in [0.3, 0.4) is 0 Å². The number of carbonyl (C=O) groups is 1. The Hall–Kier alpha value is -3.29. The minimum Gasteiger partial charge on any atom is -0.319 e. The molecule has 0 fully saturated rings. The molecular formula is C18H13F3N4O. The molecule has 1 aromatic carbocycles. The van der Waals surface area contributed by atoms with Gasteiger partial charge in [0.2, 0.25) is 0 Å². The van der Waals surface area contributed by atoms with Gasteiger partial charge in [-0.05, 0) is 31.2 Å². The van der Waals surface area contributed by atoms with E-state index in [2.05, 4.69) is 20.3 Å². The molecule has 0 aliphatic rings. The summed E-state index contributed by atoms with van der Waals surface area (Å²) in [5.41, 5.74) is 1.33. The fraction of sp³-hybridized carbons (Fsp3) is 0.111. The van der Waals surface area contributed by atoms with E-state index in [0.717, 1.165) is 17.8 Å². The third-order valence-electron chi connectivity index (χ3n) is 3.54. The van der Waals surface area contributed by atoms with Crippen LogP contribution in [-0.4, -0.2) is 20.9 Å². The number of nitrogens with one attached hydrogen (secondary N) is 1. The van der Waals surface area contributed by atoms with E-state index in [1.165, 1.54) is 30.7 Å². The number of rotatable bonds is 3. The molecule has 0 saturated heterocycles. The van der Waals surface area contributed by atoms with Crippen molar-refractivity contribution >= 4 is 11.6 Å². The van der Waals surface area contributed by atoms with Crippen LogP contribution in [0.25, 0.3) is 11.3 Å². The van der Waals surface area contributed by atoms with E-state index in [-0.39, 0.29) is 5.69 Å². The molecule has 1 N–H and O–H groups in total. The molecule has 0 bridgehead atoms. The Morgan fingerprint density at radius 3 is 2.35 bits per heavy atom. The van der Waals surface area contributed by atoms with Gasteiger partial charge in [-0.2, -0.15) is 13.2 Å². The van der Waals surface area contributed by atoms with Gasteiger partial charge >= 0.3 is 6.18 Å². The molecule has 0 unspecified atom stereocenters. The van der Waals surface area contributed by atoms with E-state index in [0.29, 0.717) is 16.9 Å². The Morgan fingerprint density at radius 2 is 1.73 bits per heavy atom. The summed E-state index contributed by atoms with van der Waals surface area (Å²) in [5.74, 6) is -0.489. The van der Waals surface area contributed by atoms with Crippen LogP contribution in [0, 0.1) is 6.92 Å². The first-order chi connectivity index (χ1) is 12.3. The van der Waals surface area contributed by atoms with Gasteiger partial charge in [0.1, 0.15) is 5.69 Å². The minimum absolute atomic E-state index is 0.0444. The molecule has 3 aromatic rings. The summed E-state index contributed by atoms with van der Waals surface area (Å²) < 4.78 is 37.9. The minimum atomic E-state index is -4.41. The van der Waals surface area contributed by atoms with E-state index in [9.17, 15) is 18.0 Å². The Kier molecular flexibility index (Phi) is 4.66. The fourth-order valence-electron chi connectivity index (χ4n) is 2.18. The molecular weight excluding hydrogens is 345 g/mol. The summed E-state index contributed by atoms with van der Waals surface area (Å²) >= 11 is 0. The predicted octanol–water partition coefficient (Wildman–Crippen LogP) is 4.12. The number of pyridine rings is 1. The average Bonchev–Trinajstić information content (AvgIpc) is 2.63. The number of hydrogen-bond acceptors (Lipinski definition) is 4. The molecule has 0 radical (unpaired) electrons. The van der Waals surface area contributed by atoms with Gasteiger partial charge in [-0.3, -0.25) is 14.8 Å². The molecule has 26 heavy (non-hydrogen) atoms. The lowest BCUT2D eigenvalue weighted by Crippen LogP contribution is -2.14. The molecule has 1 amide bonds. The molecule has 3 rings (SSSR count). The van der Waals surface area contributed by atoms with Crippen molar-refractivity contribution in [2.24, 2.45) is 0 Å². The molecule has 0 aliphatic carbocycles.